The van der Waals surface area contributed by atoms with Gasteiger partial charge in [-0.25, -0.2) is 0 Å². The molecule has 0 fully saturated rings. The van der Waals surface area contributed by atoms with Crippen LogP contribution in [0.1, 0.15) is 19.2 Å². The number of aryl methyl sites for hydroxylation is 1. The van der Waals surface area contributed by atoms with Gasteiger partial charge in [-0.3, -0.25) is 4.79 Å². The van der Waals surface area contributed by atoms with E-state index in [1.807, 2.05) is 18.4 Å². The number of carbonyl (C=O) groups excluding carboxylic acids is 1. The van der Waals surface area contributed by atoms with Crippen LogP contribution in [0.25, 0.3) is 0 Å². The lowest BCUT2D eigenvalue weighted by atomic mass is 10.4. The molecular weight excluding hydrogens is 252 g/mol. The number of methoxy groups -OCH3 is 1. The molecule has 1 rings (SSSR count). The second-order valence-electron chi connectivity index (χ2n) is 3.76. The summed E-state index contributed by atoms with van der Waals surface area (Å²) in [5, 5.41) is 11.7. The highest BCUT2D eigenvalue weighted by atomic mass is 32.2. The van der Waals surface area contributed by atoms with Crippen molar-refractivity contribution in [1.29, 1.82) is 0 Å². The maximum atomic E-state index is 11.6. The molecule has 1 aromatic heterocycles. The van der Waals surface area contributed by atoms with Gasteiger partial charge in [0.25, 0.3) is 0 Å². The summed E-state index contributed by atoms with van der Waals surface area (Å²) in [7, 11) is 1.65. The average molecular weight is 272 g/mol. The zero-order valence-electron chi connectivity index (χ0n) is 11.1. The van der Waals surface area contributed by atoms with Gasteiger partial charge in [0.15, 0.2) is 5.16 Å². The third-order valence-corrected chi connectivity index (χ3v) is 3.36. The van der Waals surface area contributed by atoms with E-state index in [2.05, 4.69) is 15.5 Å². The molecule has 0 saturated carbocycles. The van der Waals surface area contributed by atoms with Crippen LogP contribution in [-0.2, 0) is 16.1 Å². The number of hydrogen-bond donors (Lipinski definition) is 1. The lowest BCUT2D eigenvalue weighted by Gasteiger charge is -2.06. The van der Waals surface area contributed by atoms with Crippen LogP contribution in [0.4, 0.5) is 0 Å². The average Bonchev–Trinajstić information content (AvgIpc) is 2.72. The summed E-state index contributed by atoms with van der Waals surface area (Å²) in [6.45, 7) is 6.07. The predicted octanol–water partition coefficient (Wildman–Crippen LogP) is 0.851. The minimum atomic E-state index is 0.0133. The topological polar surface area (TPSA) is 69.0 Å². The molecule has 0 aliphatic heterocycles. The Morgan fingerprint density at radius 2 is 2.28 bits per heavy atom. The van der Waals surface area contributed by atoms with Gasteiger partial charge in [-0.05, 0) is 20.3 Å². The van der Waals surface area contributed by atoms with Crippen LogP contribution in [0, 0.1) is 6.92 Å². The van der Waals surface area contributed by atoms with Crippen LogP contribution in [-0.4, -0.2) is 46.7 Å². The third kappa shape index (κ3) is 4.66. The molecule has 102 valence electrons. The fraction of sp³-hybridized carbons (Fsp3) is 0.727. The van der Waals surface area contributed by atoms with Crippen molar-refractivity contribution in [3.63, 3.8) is 0 Å². The van der Waals surface area contributed by atoms with E-state index in [0.29, 0.717) is 18.9 Å². The molecule has 1 N–H and O–H groups in total. The number of thioether (sulfide) groups is 1. The Morgan fingerprint density at radius 1 is 1.50 bits per heavy atom. The first-order valence-corrected chi connectivity index (χ1v) is 6.95. The van der Waals surface area contributed by atoms with E-state index in [0.717, 1.165) is 23.9 Å². The lowest BCUT2D eigenvalue weighted by molar-refractivity contribution is -0.118. The number of nitrogens with zero attached hydrogens (tertiary/aromatic N) is 3. The molecule has 0 spiro atoms. The highest BCUT2D eigenvalue weighted by Crippen LogP contribution is 2.15. The van der Waals surface area contributed by atoms with E-state index >= 15 is 0 Å². The number of amides is 1. The van der Waals surface area contributed by atoms with E-state index in [9.17, 15) is 4.79 Å². The predicted molar refractivity (Wildman–Crippen MR) is 70.7 cm³/mol. The molecule has 7 heteroatoms. The number of carbonyl (C=O) groups is 1. The molecule has 0 saturated heterocycles. The lowest BCUT2D eigenvalue weighted by Crippen LogP contribution is -2.27. The van der Waals surface area contributed by atoms with E-state index in [1.165, 1.54) is 11.8 Å². The minimum absolute atomic E-state index is 0.0133. The van der Waals surface area contributed by atoms with Gasteiger partial charge < -0.3 is 14.6 Å². The smallest absolute Gasteiger partial charge is 0.230 e. The van der Waals surface area contributed by atoms with Gasteiger partial charge in [0.1, 0.15) is 5.82 Å². The monoisotopic (exact) mass is 272 g/mol. The second-order valence-corrected chi connectivity index (χ2v) is 4.70. The van der Waals surface area contributed by atoms with Crippen molar-refractivity contribution in [2.24, 2.45) is 0 Å². The summed E-state index contributed by atoms with van der Waals surface area (Å²) in [5.41, 5.74) is 0. The molecule has 0 radical (unpaired) electrons. The molecule has 1 heterocycles. The number of hydrogen-bond acceptors (Lipinski definition) is 5. The van der Waals surface area contributed by atoms with E-state index in [4.69, 9.17) is 4.74 Å². The second kappa shape index (κ2) is 8.10. The van der Waals surface area contributed by atoms with Crippen molar-refractivity contribution < 1.29 is 9.53 Å². The van der Waals surface area contributed by atoms with Gasteiger partial charge in [0, 0.05) is 26.8 Å². The highest BCUT2D eigenvalue weighted by molar-refractivity contribution is 7.99. The molecule has 1 aromatic rings. The van der Waals surface area contributed by atoms with Crippen molar-refractivity contribution >= 4 is 17.7 Å². The van der Waals surface area contributed by atoms with Gasteiger partial charge in [0.2, 0.25) is 5.91 Å². The maximum Gasteiger partial charge on any atom is 0.230 e. The van der Waals surface area contributed by atoms with Crippen molar-refractivity contribution in [1.82, 2.24) is 20.1 Å². The van der Waals surface area contributed by atoms with Gasteiger partial charge >= 0.3 is 0 Å². The van der Waals surface area contributed by atoms with Crippen LogP contribution in [0.2, 0.25) is 0 Å². The number of rotatable bonds is 8. The normalized spacial score (nSPS) is 10.6. The SMILES string of the molecule is CCn1c(C)nnc1SCC(=O)NCCCOC. The van der Waals surface area contributed by atoms with Crippen LogP contribution in [0.15, 0.2) is 5.16 Å². The van der Waals surface area contributed by atoms with Gasteiger partial charge in [0.05, 0.1) is 5.75 Å². The Kier molecular flexibility index (Phi) is 6.74. The number of ether oxygens (including phenoxy) is 1. The molecule has 0 bridgehead atoms. The Balaban J connectivity index is 2.29. The first kappa shape index (κ1) is 15.0. The fourth-order valence-corrected chi connectivity index (χ4v) is 2.34. The molecule has 0 aliphatic rings. The summed E-state index contributed by atoms with van der Waals surface area (Å²) in [5.74, 6) is 1.25. The van der Waals surface area contributed by atoms with Crippen molar-refractivity contribution in [3.8, 4) is 0 Å². The first-order chi connectivity index (χ1) is 8.69. The molecule has 6 nitrogen and oxygen atoms in total. The van der Waals surface area contributed by atoms with E-state index in [1.54, 1.807) is 7.11 Å². The standard InChI is InChI=1S/C11H20N4O2S/c1-4-15-9(2)13-14-11(15)18-8-10(16)12-6-5-7-17-3/h4-8H2,1-3H3,(H,12,16). The Bertz CT molecular complexity index is 381. The Morgan fingerprint density at radius 3 is 2.94 bits per heavy atom. The molecule has 0 atom stereocenters. The van der Waals surface area contributed by atoms with Crippen LogP contribution >= 0.6 is 11.8 Å². The van der Waals surface area contributed by atoms with Crippen molar-refractivity contribution in [2.45, 2.75) is 32.0 Å². The quantitative estimate of drug-likeness (QED) is 0.561. The van der Waals surface area contributed by atoms with Crippen LogP contribution in [0.5, 0.6) is 0 Å². The van der Waals surface area contributed by atoms with E-state index in [-0.39, 0.29) is 5.91 Å². The molecular formula is C11H20N4O2S. The molecule has 0 aliphatic carbocycles. The zero-order chi connectivity index (χ0) is 13.4. The third-order valence-electron chi connectivity index (χ3n) is 2.40. The number of nitrogens with one attached hydrogen (secondary N) is 1. The van der Waals surface area contributed by atoms with Gasteiger partial charge in [-0.1, -0.05) is 11.8 Å². The van der Waals surface area contributed by atoms with Crippen LogP contribution < -0.4 is 5.32 Å². The Hall–Kier alpha value is -1.08. The van der Waals surface area contributed by atoms with Gasteiger partial charge in [-0.2, -0.15) is 0 Å². The molecule has 0 unspecified atom stereocenters. The maximum absolute atomic E-state index is 11.6. The molecule has 1 amide bonds. The zero-order valence-corrected chi connectivity index (χ0v) is 11.9. The van der Waals surface area contributed by atoms with Crippen LogP contribution in [0.3, 0.4) is 0 Å². The highest BCUT2D eigenvalue weighted by Gasteiger charge is 2.09. The number of aromatic nitrogens is 3. The molecule has 0 aromatic carbocycles. The summed E-state index contributed by atoms with van der Waals surface area (Å²) in [6, 6.07) is 0. The Labute approximate surface area is 111 Å². The minimum Gasteiger partial charge on any atom is -0.385 e. The summed E-state index contributed by atoms with van der Waals surface area (Å²) in [4.78, 5) is 11.6. The summed E-state index contributed by atoms with van der Waals surface area (Å²) in [6.07, 6.45) is 0.831. The van der Waals surface area contributed by atoms with Crippen molar-refractivity contribution in [3.05, 3.63) is 5.82 Å². The summed E-state index contributed by atoms with van der Waals surface area (Å²) >= 11 is 1.41. The summed E-state index contributed by atoms with van der Waals surface area (Å²) < 4.78 is 6.90. The van der Waals surface area contributed by atoms with Crippen molar-refractivity contribution in [2.75, 3.05) is 26.0 Å². The first-order valence-electron chi connectivity index (χ1n) is 5.97. The van der Waals surface area contributed by atoms with E-state index < -0.39 is 0 Å². The van der Waals surface area contributed by atoms with Gasteiger partial charge in [-0.15, -0.1) is 10.2 Å². The molecule has 18 heavy (non-hydrogen) atoms. The largest absolute Gasteiger partial charge is 0.385 e. The fourth-order valence-electron chi connectivity index (χ4n) is 1.46.